The van der Waals surface area contributed by atoms with Crippen molar-refractivity contribution < 1.29 is 14.5 Å². The molecule has 1 aromatic heterocycles. The average molecular weight is 275 g/mol. The van der Waals surface area contributed by atoms with E-state index in [-0.39, 0.29) is 16.6 Å². The first kappa shape index (κ1) is 11.6. The molecular formula is C8H7BrN2O4. The van der Waals surface area contributed by atoms with Crippen LogP contribution in [0, 0.1) is 10.1 Å². The number of aromatic nitrogens is 1. The van der Waals surface area contributed by atoms with Crippen LogP contribution in [0.5, 0.6) is 0 Å². The van der Waals surface area contributed by atoms with Gasteiger partial charge in [-0.2, -0.15) is 0 Å². The molecule has 1 rings (SSSR count). The highest BCUT2D eigenvalue weighted by Gasteiger charge is 2.17. The number of nitrogens with zero attached hydrogens (tertiary/aromatic N) is 2. The number of rotatable bonds is 3. The molecule has 0 unspecified atom stereocenters. The lowest BCUT2D eigenvalue weighted by Crippen LogP contribution is -2.06. The normalized spacial score (nSPS) is 9.73. The van der Waals surface area contributed by atoms with Gasteiger partial charge in [-0.1, -0.05) is 0 Å². The summed E-state index contributed by atoms with van der Waals surface area (Å²) in [6.07, 6.45) is 2.45. The smallest absolute Gasteiger partial charge is 0.310 e. The van der Waals surface area contributed by atoms with Crippen LogP contribution in [0.3, 0.4) is 0 Å². The number of halogens is 1. The predicted octanol–water partition coefficient (Wildman–Crippen LogP) is 1.47. The lowest BCUT2D eigenvalue weighted by atomic mass is 10.2. The van der Waals surface area contributed by atoms with E-state index in [4.69, 9.17) is 0 Å². The largest absolute Gasteiger partial charge is 0.469 e. The highest BCUT2D eigenvalue weighted by Crippen LogP contribution is 2.27. The molecule has 0 amide bonds. The molecule has 0 saturated carbocycles. The Morgan fingerprint density at radius 3 is 2.87 bits per heavy atom. The average Bonchev–Trinajstić information content (AvgIpc) is 2.20. The molecule has 0 atom stereocenters. The first-order valence-corrected chi connectivity index (χ1v) is 4.69. The lowest BCUT2D eigenvalue weighted by Gasteiger charge is -2.02. The van der Waals surface area contributed by atoms with Gasteiger partial charge in [0.2, 0.25) is 0 Å². The van der Waals surface area contributed by atoms with Gasteiger partial charge in [-0.15, -0.1) is 0 Å². The molecule has 80 valence electrons. The number of ether oxygens (including phenoxy) is 1. The molecule has 0 saturated heterocycles. The van der Waals surface area contributed by atoms with Crippen LogP contribution in [0.2, 0.25) is 0 Å². The molecule has 0 aromatic carbocycles. The van der Waals surface area contributed by atoms with Crippen LogP contribution in [0.4, 0.5) is 5.69 Å². The molecule has 0 bridgehead atoms. The van der Waals surface area contributed by atoms with Crippen molar-refractivity contribution in [1.29, 1.82) is 0 Å². The van der Waals surface area contributed by atoms with Crippen molar-refractivity contribution in [3.8, 4) is 0 Å². The van der Waals surface area contributed by atoms with Gasteiger partial charge >= 0.3 is 11.7 Å². The molecule has 1 aromatic rings. The molecule has 0 radical (unpaired) electrons. The van der Waals surface area contributed by atoms with E-state index in [1.807, 2.05) is 0 Å². The Labute approximate surface area is 93.5 Å². The lowest BCUT2D eigenvalue weighted by molar-refractivity contribution is -0.386. The number of carbonyl (C=O) groups is 1. The third-order valence-corrected chi connectivity index (χ3v) is 2.61. The number of methoxy groups -OCH3 is 1. The van der Waals surface area contributed by atoms with E-state index in [1.165, 1.54) is 13.3 Å². The maximum Gasteiger partial charge on any atom is 0.310 e. The standard InChI is InChI=1S/C8H7BrN2O4/c1-15-7(12)2-5-3-10-4-6(8(5)9)11(13)14/h3-4H,2H2,1H3. The number of esters is 1. The number of pyridine rings is 1. The van der Waals surface area contributed by atoms with Gasteiger partial charge in [0.1, 0.15) is 10.7 Å². The number of carbonyl (C=O) groups excluding carboxylic acids is 1. The van der Waals surface area contributed by atoms with Gasteiger partial charge in [0.15, 0.2) is 0 Å². The molecule has 0 aliphatic heterocycles. The number of hydrogen-bond acceptors (Lipinski definition) is 5. The first-order valence-electron chi connectivity index (χ1n) is 3.90. The monoisotopic (exact) mass is 274 g/mol. The minimum Gasteiger partial charge on any atom is -0.469 e. The second-order valence-electron chi connectivity index (χ2n) is 2.64. The molecule has 1 heterocycles. The van der Waals surface area contributed by atoms with E-state index in [0.29, 0.717) is 5.56 Å². The van der Waals surface area contributed by atoms with Gasteiger partial charge in [-0.3, -0.25) is 19.9 Å². The zero-order chi connectivity index (χ0) is 11.4. The summed E-state index contributed by atoms with van der Waals surface area (Å²) in [5.74, 6) is -0.474. The highest BCUT2D eigenvalue weighted by atomic mass is 79.9. The SMILES string of the molecule is COC(=O)Cc1cncc([N+](=O)[O-])c1Br. The van der Waals surface area contributed by atoms with E-state index in [1.54, 1.807) is 0 Å². The van der Waals surface area contributed by atoms with Gasteiger partial charge in [-0.25, -0.2) is 0 Å². The second-order valence-corrected chi connectivity index (χ2v) is 3.43. The summed E-state index contributed by atoms with van der Waals surface area (Å²) < 4.78 is 4.71. The topological polar surface area (TPSA) is 82.3 Å². The van der Waals surface area contributed by atoms with Crippen molar-refractivity contribution in [3.05, 3.63) is 32.5 Å². The van der Waals surface area contributed by atoms with E-state index < -0.39 is 10.9 Å². The number of nitro groups is 1. The van der Waals surface area contributed by atoms with Crippen molar-refractivity contribution in [2.75, 3.05) is 7.11 Å². The highest BCUT2D eigenvalue weighted by molar-refractivity contribution is 9.10. The summed E-state index contributed by atoms with van der Waals surface area (Å²) in [7, 11) is 1.25. The summed E-state index contributed by atoms with van der Waals surface area (Å²) in [6.45, 7) is 0. The Morgan fingerprint density at radius 2 is 2.33 bits per heavy atom. The Bertz CT molecular complexity index is 408. The van der Waals surface area contributed by atoms with Crippen LogP contribution in [0.1, 0.15) is 5.56 Å². The van der Waals surface area contributed by atoms with Crippen molar-refractivity contribution in [2.24, 2.45) is 0 Å². The van der Waals surface area contributed by atoms with Crippen LogP contribution in [-0.4, -0.2) is 23.0 Å². The number of hydrogen-bond donors (Lipinski definition) is 0. The maximum atomic E-state index is 11.0. The maximum absolute atomic E-state index is 11.0. The fourth-order valence-electron chi connectivity index (χ4n) is 0.954. The molecule has 7 heteroatoms. The summed E-state index contributed by atoms with van der Waals surface area (Å²) >= 11 is 3.05. The van der Waals surface area contributed by atoms with Gasteiger partial charge in [0.25, 0.3) is 0 Å². The Hall–Kier alpha value is -1.50. The van der Waals surface area contributed by atoms with E-state index in [2.05, 4.69) is 25.7 Å². The van der Waals surface area contributed by atoms with Gasteiger partial charge in [-0.05, 0) is 15.9 Å². The molecule has 0 aliphatic rings. The van der Waals surface area contributed by atoms with Crippen LogP contribution in [0.15, 0.2) is 16.9 Å². The molecule has 0 fully saturated rings. The van der Waals surface area contributed by atoms with Gasteiger partial charge < -0.3 is 4.74 Å². The molecule has 0 N–H and O–H groups in total. The summed E-state index contributed by atoms with van der Waals surface area (Å²) in [5, 5.41) is 10.5. The Morgan fingerprint density at radius 1 is 1.67 bits per heavy atom. The van der Waals surface area contributed by atoms with Crippen LogP contribution >= 0.6 is 15.9 Å². The van der Waals surface area contributed by atoms with Gasteiger partial charge in [0, 0.05) is 11.8 Å². The van der Waals surface area contributed by atoms with Gasteiger partial charge in [0.05, 0.1) is 18.5 Å². The van der Waals surface area contributed by atoms with Crippen molar-refractivity contribution in [2.45, 2.75) is 6.42 Å². The fourth-order valence-corrected chi connectivity index (χ4v) is 1.44. The fraction of sp³-hybridized carbons (Fsp3) is 0.250. The Balaban J connectivity index is 3.04. The second kappa shape index (κ2) is 4.83. The van der Waals surface area contributed by atoms with E-state index in [9.17, 15) is 14.9 Å². The molecule has 0 aliphatic carbocycles. The van der Waals surface area contributed by atoms with E-state index >= 15 is 0 Å². The quantitative estimate of drug-likeness (QED) is 0.474. The van der Waals surface area contributed by atoms with Crippen molar-refractivity contribution in [1.82, 2.24) is 4.98 Å². The molecular weight excluding hydrogens is 268 g/mol. The van der Waals surface area contributed by atoms with E-state index in [0.717, 1.165) is 6.20 Å². The van der Waals surface area contributed by atoms with Crippen molar-refractivity contribution in [3.63, 3.8) is 0 Å². The summed E-state index contributed by atoms with van der Waals surface area (Å²) in [5.41, 5.74) is 0.257. The summed E-state index contributed by atoms with van der Waals surface area (Å²) in [6, 6.07) is 0. The van der Waals surface area contributed by atoms with Crippen LogP contribution in [-0.2, 0) is 16.0 Å². The van der Waals surface area contributed by atoms with Crippen LogP contribution < -0.4 is 0 Å². The molecule has 0 spiro atoms. The Kier molecular flexibility index (Phi) is 3.73. The first-order chi connectivity index (χ1) is 7.06. The third kappa shape index (κ3) is 2.72. The predicted molar refractivity (Wildman–Crippen MR) is 54.3 cm³/mol. The third-order valence-electron chi connectivity index (χ3n) is 1.69. The minimum absolute atomic E-state index is 0.0498. The zero-order valence-corrected chi connectivity index (χ0v) is 9.35. The van der Waals surface area contributed by atoms with Crippen LogP contribution in [0.25, 0.3) is 0 Å². The summed E-state index contributed by atoms with van der Waals surface area (Å²) in [4.78, 5) is 24.6. The zero-order valence-electron chi connectivity index (χ0n) is 7.77. The molecule has 15 heavy (non-hydrogen) atoms. The van der Waals surface area contributed by atoms with Crippen molar-refractivity contribution >= 4 is 27.6 Å². The minimum atomic E-state index is -0.572. The molecule has 6 nitrogen and oxygen atoms in total.